The van der Waals surface area contributed by atoms with Crippen molar-refractivity contribution in [3.05, 3.63) is 46.0 Å². The van der Waals surface area contributed by atoms with Crippen LogP contribution in [0.2, 0.25) is 0 Å². The van der Waals surface area contributed by atoms with Crippen LogP contribution in [-0.4, -0.2) is 57.8 Å². The van der Waals surface area contributed by atoms with E-state index < -0.39 is 36.1 Å². The van der Waals surface area contributed by atoms with Crippen molar-refractivity contribution in [3.8, 4) is 0 Å². The largest absolute Gasteiger partial charge is 0.413 e. The zero-order valence-electron chi connectivity index (χ0n) is 19.4. The molecule has 8 nitrogen and oxygen atoms in total. The lowest BCUT2D eigenvalue weighted by Crippen LogP contribution is -2.57. The van der Waals surface area contributed by atoms with Crippen LogP contribution in [0, 0.1) is 12.8 Å². The molecule has 3 heterocycles. The minimum atomic E-state index is -4.71. The van der Waals surface area contributed by atoms with Crippen LogP contribution in [0.25, 0.3) is 0 Å². The highest BCUT2D eigenvalue weighted by molar-refractivity contribution is 5.99. The van der Waals surface area contributed by atoms with Crippen molar-refractivity contribution in [1.29, 1.82) is 0 Å². The lowest BCUT2D eigenvalue weighted by molar-refractivity contribution is -0.181. The topological polar surface area (TPSA) is 89.4 Å². The van der Waals surface area contributed by atoms with Gasteiger partial charge in [-0.05, 0) is 51.7 Å². The number of nitrogens with zero attached hydrogens (tertiary/aromatic N) is 4. The Labute approximate surface area is 195 Å². The van der Waals surface area contributed by atoms with Gasteiger partial charge in [0, 0.05) is 36.7 Å². The molecule has 2 aromatic heterocycles. The number of aromatic nitrogens is 3. The lowest BCUT2D eigenvalue weighted by Gasteiger charge is -2.36. The number of Topliss-reactive ketones (excluding diaryl/α,β-unsaturated/α-hetero) is 1. The number of alkyl halides is 3. The maximum Gasteiger partial charge on any atom is 0.413 e. The van der Waals surface area contributed by atoms with Gasteiger partial charge in [0.25, 0.3) is 5.56 Å². The number of aryl methyl sites for hydroxylation is 1. The number of carbonyl (C=O) groups is 1. The van der Waals surface area contributed by atoms with E-state index >= 15 is 0 Å². The van der Waals surface area contributed by atoms with Gasteiger partial charge in [0.1, 0.15) is 5.82 Å². The number of anilines is 2. The molecule has 2 aliphatic rings. The van der Waals surface area contributed by atoms with Gasteiger partial charge in [-0.1, -0.05) is 0 Å². The van der Waals surface area contributed by atoms with Gasteiger partial charge in [-0.3, -0.25) is 19.1 Å². The molecule has 0 amide bonds. The van der Waals surface area contributed by atoms with Crippen LogP contribution in [0.5, 0.6) is 0 Å². The number of halogens is 3. The molecular formula is C23H28F3N5O3. The number of rotatable bonds is 9. The van der Waals surface area contributed by atoms with E-state index in [1.165, 1.54) is 18.3 Å². The van der Waals surface area contributed by atoms with Crippen LogP contribution in [0.4, 0.5) is 24.9 Å². The summed E-state index contributed by atoms with van der Waals surface area (Å²) in [7, 11) is 0. The molecule has 0 saturated heterocycles. The molecule has 1 aliphatic carbocycles. The number of hydrogen-bond donors (Lipinski definition) is 1. The summed E-state index contributed by atoms with van der Waals surface area (Å²) in [5.74, 6) is -0.0139. The number of nitrogens with one attached hydrogen (secondary N) is 1. The summed E-state index contributed by atoms with van der Waals surface area (Å²) in [5, 5.41) is 2.98. The number of carbonyl (C=O) groups excluding carboxylic acids is 1. The Morgan fingerprint density at radius 1 is 1.35 bits per heavy atom. The molecule has 4 rings (SSSR count). The third-order valence-electron chi connectivity index (χ3n) is 6.32. The first-order chi connectivity index (χ1) is 16.0. The number of fused-ring (bicyclic) bond motifs is 1. The standard InChI is InChI=1S/C23H28F3N5O3/c1-14-4-7-17(10-27-14)18(32)11-31-21-29-19(28-9-15(2)34-12-16-5-6-16)8-20(33)30(21)13-22(31,3)23(24,25)26/h4,7-8,10,15-16,28H,5-6,9,11-13H2,1-3H3/t15-,22?/m0/s1. The van der Waals surface area contributed by atoms with Gasteiger partial charge in [0.15, 0.2) is 11.3 Å². The first-order valence-corrected chi connectivity index (χ1v) is 11.3. The van der Waals surface area contributed by atoms with E-state index in [0.717, 1.165) is 29.2 Å². The van der Waals surface area contributed by atoms with Crippen LogP contribution in [0.1, 0.15) is 42.7 Å². The fourth-order valence-electron chi connectivity index (χ4n) is 3.80. The van der Waals surface area contributed by atoms with E-state index in [4.69, 9.17) is 4.74 Å². The van der Waals surface area contributed by atoms with Crippen molar-refractivity contribution in [2.45, 2.75) is 58.0 Å². The molecular weight excluding hydrogens is 451 g/mol. The minimum Gasteiger partial charge on any atom is -0.376 e. The molecule has 34 heavy (non-hydrogen) atoms. The van der Waals surface area contributed by atoms with E-state index in [9.17, 15) is 22.8 Å². The highest BCUT2D eigenvalue weighted by Gasteiger charge is 2.60. The molecule has 1 aliphatic heterocycles. The Bertz CT molecular complexity index is 1110. The Balaban J connectivity index is 1.59. The van der Waals surface area contributed by atoms with E-state index in [1.807, 2.05) is 6.92 Å². The molecule has 0 spiro atoms. The Kier molecular flexibility index (Phi) is 6.41. The summed E-state index contributed by atoms with van der Waals surface area (Å²) >= 11 is 0. The molecule has 2 atom stereocenters. The second-order valence-corrected chi connectivity index (χ2v) is 9.30. The molecule has 1 N–H and O–H groups in total. The summed E-state index contributed by atoms with van der Waals surface area (Å²) in [6.45, 7) is 4.34. The van der Waals surface area contributed by atoms with Crippen LogP contribution < -0.4 is 15.8 Å². The maximum absolute atomic E-state index is 14.2. The Hall–Kier alpha value is -2.95. The predicted molar refractivity (Wildman–Crippen MR) is 120 cm³/mol. The lowest BCUT2D eigenvalue weighted by atomic mass is 10.00. The summed E-state index contributed by atoms with van der Waals surface area (Å²) in [5.41, 5.74) is -2.23. The van der Waals surface area contributed by atoms with Gasteiger partial charge < -0.3 is 15.0 Å². The van der Waals surface area contributed by atoms with Crippen molar-refractivity contribution in [2.24, 2.45) is 5.92 Å². The Morgan fingerprint density at radius 3 is 2.71 bits per heavy atom. The average Bonchev–Trinajstić information content (AvgIpc) is 3.55. The fourth-order valence-corrected chi connectivity index (χ4v) is 3.80. The first-order valence-electron chi connectivity index (χ1n) is 11.3. The Morgan fingerprint density at radius 2 is 2.09 bits per heavy atom. The highest BCUT2D eigenvalue weighted by Crippen LogP contribution is 2.43. The molecule has 184 valence electrons. The molecule has 1 unspecified atom stereocenters. The van der Waals surface area contributed by atoms with Crippen LogP contribution in [-0.2, 0) is 11.3 Å². The van der Waals surface area contributed by atoms with Crippen molar-refractivity contribution >= 4 is 17.5 Å². The van der Waals surface area contributed by atoms with Crippen LogP contribution >= 0.6 is 0 Å². The molecule has 1 fully saturated rings. The van der Waals surface area contributed by atoms with E-state index in [0.29, 0.717) is 24.8 Å². The fraction of sp³-hybridized carbons (Fsp3) is 0.565. The monoisotopic (exact) mass is 479 g/mol. The highest BCUT2D eigenvalue weighted by atomic mass is 19.4. The molecule has 0 aromatic carbocycles. The first kappa shape index (κ1) is 24.2. The number of hydrogen-bond acceptors (Lipinski definition) is 7. The second kappa shape index (κ2) is 9.01. The summed E-state index contributed by atoms with van der Waals surface area (Å²) in [6, 6.07) is 4.31. The van der Waals surface area contributed by atoms with Crippen molar-refractivity contribution in [1.82, 2.24) is 14.5 Å². The van der Waals surface area contributed by atoms with Gasteiger partial charge in [-0.15, -0.1) is 0 Å². The van der Waals surface area contributed by atoms with Crippen molar-refractivity contribution in [3.63, 3.8) is 0 Å². The van der Waals surface area contributed by atoms with E-state index in [-0.39, 0.29) is 23.4 Å². The van der Waals surface area contributed by atoms with Gasteiger partial charge >= 0.3 is 6.18 Å². The zero-order valence-corrected chi connectivity index (χ0v) is 19.4. The zero-order chi connectivity index (χ0) is 24.7. The van der Waals surface area contributed by atoms with Crippen LogP contribution in [0.15, 0.2) is 29.2 Å². The van der Waals surface area contributed by atoms with Gasteiger partial charge in [-0.25, -0.2) is 0 Å². The average molecular weight is 480 g/mol. The van der Waals surface area contributed by atoms with Gasteiger partial charge in [-0.2, -0.15) is 18.2 Å². The molecule has 0 radical (unpaired) electrons. The molecule has 11 heteroatoms. The molecule has 2 aromatic rings. The third kappa shape index (κ3) is 4.94. The molecule has 0 bridgehead atoms. The number of ether oxygens (including phenoxy) is 1. The second-order valence-electron chi connectivity index (χ2n) is 9.30. The van der Waals surface area contributed by atoms with Gasteiger partial charge in [0.05, 0.1) is 19.2 Å². The normalized spacial score (nSPS) is 20.8. The summed E-state index contributed by atoms with van der Waals surface area (Å²) in [4.78, 5) is 34.8. The third-order valence-corrected chi connectivity index (χ3v) is 6.32. The van der Waals surface area contributed by atoms with E-state index in [2.05, 4.69) is 15.3 Å². The number of pyridine rings is 1. The maximum atomic E-state index is 14.2. The minimum absolute atomic E-state index is 0.138. The van der Waals surface area contributed by atoms with Crippen LogP contribution in [0.3, 0.4) is 0 Å². The van der Waals surface area contributed by atoms with Crippen molar-refractivity contribution < 1.29 is 22.7 Å². The van der Waals surface area contributed by atoms with E-state index in [1.54, 1.807) is 13.0 Å². The predicted octanol–water partition coefficient (Wildman–Crippen LogP) is 3.20. The summed E-state index contributed by atoms with van der Waals surface area (Å²) < 4.78 is 49.2. The number of ketones is 1. The quantitative estimate of drug-likeness (QED) is 0.553. The summed E-state index contributed by atoms with van der Waals surface area (Å²) in [6.07, 6.45) is -1.22. The smallest absolute Gasteiger partial charge is 0.376 e. The molecule has 1 saturated carbocycles. The SMILES string of the molecule is Cc1ccc(C(=O)CN2c3nc(NC[C@H](C)OCC4CC4)cc(=O)n3CC2(C)C(F)(F)F)cn1. The van der Waals surface area contributed by atoms with Crippen molar-refractivity contribution in [2.75, 3.05) is 29.9 Å². The van der Waals surface area contributed by atoms with Gasteiger partial charge in [0.2, 0.25) is 5.95 Å².